The Hall–Kier alpha value is -1.89. The van der Waals surface area contributed by atoms with E-state index in [9.17, 15) is 9.18 Å². The molecule has 4 heteroatoms. The smallest absolute Gasteiger partial charge is 0.221 e. The van der Waals surface area contributed by atoms with Gasteiger partial charge in [0, 0.05) is 12.5 Å². The van der Waals surface area contributed by atoms with E-state index in [1.807, 2.05) is 0 Å². The zero-order chi connectivity index (χ0) is 12.3. The number of amides is 1. The van der Waals surface area contributed by atoms with Crippen LogP contribution in [0, 0.1) is 17.1 Å². The Bertz CT molecular complexity index is 445. The van der Waals surface area contributed by atoms with E-state index in [0.29, 0.717) is 11.6 Å². The molecule has 0 heterocycles. The van der Waals surface area contributed by atoms with Crippen LogP contribution in [0.4, 0.5) is 4.39 Å². The van der Waals surface area contributed by atoms with Crippen LogP contribution in [0.15, 0.2) is 24.3 Å². The molecule has 0 bridgehead atoms. The highest BCUT2D eigenvalue weighted by atomic mass is 19.1. The molecule has 17 heavy (non-hydrogen) atoms. The quantitative estimate of drug-likeness (QED) is 0.864. The Labute approximate surface area is 99.2 Å². The van der Waals surface area contributed by atoms with Gasteiger partial charge >= 0.3 is 0 Å². The van der Waals surface area contributed by atoms with Crippen molar-refractivity contribution in [3.63, 3.8) is 0 Å². The molecule has 1 aromatic carbocycles. The van der Waals surface area contributed by atoms with E-state index in [2.05, 4.69) is 11.4 Å². The molecule has 1 amide bonds. The zero-order valence-corrected chi connectivity index (χ0v) is 9.32. The Morgan fingerprint density at radius 2 is 2.12 bits per heavy atom. The summed E-state index contributed by atoms with van der Waals surface area (Å²) >= 11 is 0. The topological polar surface area (TPSA) is 52.9 Å². The monoisotopic (exact) mass is 232 g/mol. The maximum atomic E-state index is 12.7. The van der Waals surface area contributed by atoms with E-state index in [4.69, 9.17) is 5.26 Å². The predicted molar refractivity (Wildman–Crippen MR) is 60.5 cm³/mol. The molecule has 0 radical (unpaired) electrons. The lowest BCUT2D eigenvalue weighted by molar-refractivity contribution is -0.121. The van der Waals surface area contributed by atoms with E-state index in [1.54, 1.807) is 12.1 Å². The third kappa shape index (κ3) is 3.28. The fraction of sp³-hybridized carbons (Fsp3) is 0.385. The molecular weight excluding hydrogens is 219 g/mol. The van der Waals surface area contributed by atoms with Crippen LogP contribution in [0.1, 0.15) is 30.7 Å². The van der Waals surface area contributed by atoms with Crippen molar-refractivity contribution in [1.29, 1.82) is 5.26 Å². The van der Waals surface area contributed by atoms with Crippen LogP contribution >= 0.6 is 0 Å². The van der Waals surface area contributed by atoms with E-state index in [0.717, 1.165) is 12.8 Å². The molecule has 0 aliphatic heterocycles. The minimum absolute atomic E-state index is 0.108. The summed E-state index contributed by atoms with van der Waals surface area (Å²) in [5.41, 5.74) is 0.680. The number of nitrogens with one attached hydrogen (secondary N) is 1. The second kappa shape index (κ2) is 4.96. The first-order chi connectivity index (χ1) is 8.19. The van der Waals surface area contributed by atoms with E-state index in [1.165, 1.54) is 12.1 Å². The van der Waals surface area contributed by atoms with Crippen molar-refractivity contribution in [2.45, 2.75) is 31.2 Å². The number of hydrogen-bond donors (Lipinski definition) is 1. The average molecular weight is 232 g/mol. The van der Waals surface area contributed by atoms with Crippen LogP contribution in [0.3, 0.4) is 0 Å². The molecule has 1 atom stereocenters. The van der Waals surface area contributed by atoms with Gasteiger partial charge in [0.05, 0.1) is 12.0 Å². The van der Waals surface area contributed by atoms with Crippen LogP contribution in [-0.4, -0.2) is 11.9 Å². The van der Waals surface area contributed by atoms with Crippen molar-refractivity contribution in [3.05, 3.63) is 35.6 Å². The fourth-order valence-corrected chi connectivity index (χ4v) is 1.63. The molecule has 1 unspecified atom stereocenters. The Kier molecular flexibility index (Phi) is 3.38. The maximum absolute atomic E-state index is 12.7. The highest BCUT2D eigenvalue weighted by Crippen LogP contribution is 2.22. The van der Waals surface area contributed by atoms with Gasteiger partial charge in [0.15, 0.2) is 0 Å². The van der Waals surface area contributed by atoms with Gasteiger partial charge in [-0.2, -0.15) is 5.26 Å². The molecule has 3 nitrogen and oxygen atoms in total. The minimum atomic E-state index is -0.505. The lowest BCUT2D eigenvalue weighted by Crippen LogP contribution is -2.26. The summed E-state index contributed by atoms with van der Waals surface area (Å²) in [7, 11) is 0. The highest BCUT2D eigenvalue weighted by Gasteiger charge is 2.24. The summed E-state index contributed by atoms with van der Waals surface area (Å²) in [5.74, 6) is -0.953. The summed E-state index contributed by atoms with van der Waals surface area (Å²) in [6, 6.07) is 8.09. The molecule has 1 fully saturated rings. The van der Waals surface area contributed by atoms with E-state index in [-0.39, 0.29) is 18.1 Å². The Morgan fingerprint density at radius 3 is 2.65 bits per heavy atom. The molecule has 1 saturated carbocycles. The average Bonchev–Trinajstić information content (AvgIpc) is 3.11. The number of hydrogen-bond acceptors (Lipinski definition) is 2. The summed E-state index contributed by atoms with van der Waals surface area (Å²) in [4.78, 5) is 11.6. The molecule has 1 aromatic rings. The molecule has 0 saturated heterocycles. The molecule has 1 aliphatic carbocycles. The zero-order valence-electron chi connectivity index (χ0n) is 9.32. The lowest BCUT2D eigenvalue weighted by Gasteiger charge is -2.09. The largest absolute Gasteiger partial charge is 0.353 e. The number of benzene rings is 1. The number of rotatable bonds is 4. The number of halogens is 1. The molecule has 0 spiro atoms. The van der Waals surface area contributed by atoms with Crippen molar-refractivity contribution >= 4 is 5.91 Å². The summed E-state index contributed by atoms with van der Waals surface area (Å²) in [6.07, 6.45) is 2.19. The molecule has 88 valence electrons. The standard InChI is InChI=1S/C13H13FN2O/c14-11-3-1-9(2-4-11)10(8-15)7-13(17)16-12-5-6-12/h1-4,10,12H,5-7H2,(H,16,17). The fourth-order valence-electron chi connectivity index (χ4n) is 1.63. The highest BCUT2D eigenvalue weighted by molar-refractivity contribution is 5.78. The summed E-state index contributed by atoms with van der Waals surface area (Å²) in [5, 5.41) is 11.9. The van der Waals surface area contributed by atoms with E-state index >= 15 is 0 Å². The van der Waals surface area contributed by atoms with Crippen molar-refractivity contribution < 1.29 is 9.18 Å². The lowest BCUT2D eigenvalue weighted by atomic mass is 9.97. The first-order valence-electron chi connectivity index (χ1n) is 5.63. The molecule has 0 aromatic heterocycles. The third-order valence-corrected chi connectivity index (χ3v) is 2.76. The molecular formula is C13H13FN2O. The minimum Gasteiger partial charge on any atom is -0.353 e. The number of carbonyl (C=O) groups excluding carboxylic acids is 1. The van der Waals surface area contributed by atoms with Crippen molar-refractivity contribution in [1.82, 2.24) is 5.32 Å². The Balaban J connectivity index is 1.98. The third-order valence-electron chi connectivity index (χ3n) is 2.76. The molecule has 1 aliphatic rings. The van der Waals surface area contributed by atoms with Crippen molar-refractivity contribution in [3.8, 4) is 6.07 Å². The normalized spacial score (nSPS) is 16.0. The van der Waals surface area contributed by atoms with Crippen LogP contribution in [0.25, 0.3) is 0 Å². The van der Waals surface area contributed by atoms with E-state index < -0.39 is 5.92 Å². The van der Waals surface area contributed by atoms with Crippen molar-refractivity contribution in [2.75, 3.05) is 0 Å². The van der Waals surface area contributed by atoms with Crippen LogP contribution in [0.2, 0.25) is 0 Å². The van der Waals surface area contributed by atoms with Gasteiger partial charge in [0.1, 0.15) is 5.82 Å². The van der Waals surface area contributed by atoms with Gasteiger partial charge in [-0.25, -0.2) is 4.39 Å². The van der Waals surface area contributed by atoms with Crippen LogP contribution in [-0.2, 0) is 4.79 Å². The second-order valence-electron chi connectivity index (χ2n) is 4.28. The van der Waals surface area contributed by atoms with Gasteiger partial charge in [-0.1, -0.05) is 12.1 Å². The Morgan fingerprint density at radius 1 is 1.47 bits per heavy atom. The number of nitrogens with zero attached hydrogens (tertiary/aromatic N) is 1. The van der Waals surface area contributed by atoms with Crippen LogP contribution < -0.4 is 5.32 Å². The summed E-state index contributed by atoms with van der Waals surface area (Å²) in [6.45, 7) is 0. The van der Waals surface area contributed by atoms with Crippen LogP contribution in [0.5, 0.6) is 0 Å². The maximum Gasteiger partial charge on any atom is 0.221 e. The van der Waals surface area contributed by atoms with Gasteiger partial charge in [-0.05, 0) is 30.5 Å². The first-order valence-corrected chi connectivity index (χ1v) is 5.63. The predicted octanol–water partition coefficient (Wildman–Crippen LogP) is 2.10. The van der Waals surface area contributed by atoms with Crippen molar-refractivity contribution in [2.24, 2.45) is 0 Å². The molecule has 2 rings (SSSR count). The van der Waals surface area contributed by atoms with Gasteiger partial charge in [0.25, 0.3) is 0 Å². The summed E-state index contributed by atoms with van der Waals surface area (Å²) < 4.78 is 12.7. The number of carbonyl (C=O) groups is 1. The number of nitriles is 1. The SMILES string of the molecule is N#CC(CC(=O)NC1CC1)c1ccc(F)cc1. The second-order valence-corrected chi connectivity index (χ2v) is 4.28. The van der Waals surface area contributed by atoms with Gasteiger partial charge in [-0.15, -0.1) is 0 Å². The van der Waals surface area contributed by atoms with Gasteiger partial charge in [-0.3, -0.25) is 4.79 Å². The van der Waals surface area contributed by atoms with Gasteiger partial charge in [0.2, 0.25) is 5.91 Å². The molecule has 1 N–H and O–H groups in total. The van der Waals surface area contributed by atoms with Gasteiger partial charge < -0.3 is 5.32 Å². The first kappa shape index (κ1) is 11.6.